The van der Waals surface area contributed by atoms with E-state index in [9.17, 15) is 13.2 Å². The van der Waals surface area contributed by atoms with Gasteiger partial charge in [-0.15, -0.1) is 0 Å². The number of amides is 1. The van der Waals surface area contributed by atoms with E-state index in [0.717, 1.165) is 17.5 Å². The molecule has 0 saturated carbocycles. The quantitative estimate of drug-likeness (QED) is 0.579. The van der Waals surface area contributed by atoms with Crippen molar-refractivity contribution in [2.75, 3.05) is 24.8 Å². The third-order valence-electron chi connectivity index (χ3n) is 4.12. The van der Waals surface area contributed by atoms with E-state index in [-0.39, 0.29) is 24.9 Å². The first-order valence-electron chi connectivity index (χ1n) is 8.28. The van der Waals surface area contributed by atoms with Crippen molar-refractivity contribution in [3.8, 4) is 0 Å². The van der Waals surface area contributed by atoms with Crippen molar-refractivity contribution in [3.05, 3.63) is 64.1 Å². The fraction of sp³-hybridized carbons (Fsp3) is 0.316. The highest BCUT2D eigenvalue weighted by atomic mass is 35.5. The molecule has 0 spiro atoms. The molecule has 8 heteroatoms. The summed E-state index contributed by atoms with van der Waals surface area (Å²) < 4.78 is 27.3. The van der Waals surface area contributed by atoms with Crippen molar-refractivity contribution in [2.24, 2.45) is 0 Å². The highest BCUT2D eigenvalue weighted by Crippen LogP contribution is 2.31. The lowest BCUT2D eigenvalue weighted by molar-refractivity contribution is -0.118. The van der Waals surface area contributed by atoms with Crippen LogP contribution in [0.1, 0.15) is 24.3 Å². The molecular formula is C19H21Cl2NO4S. The van der Waals surface area contributed by atoms with Gasteiger partial charge in [0.15, 0.2) is 0 Å². The maximum absolute atomic E-state index is 12.7. The number of halogens is 2. The molecule has 1 atom stereocenters. The summed E-state index contributed by atoms with van der Waals surface area (Å²) in [6.45, 7) is -0.0217. The SMILES string of the molecule is CN(C(=O)CC(CCOS(C)(=O)=O)c1ccc(Cl)c(Cl)c1)c1ccccc1. The molecular weight excluding hydrogens is 409 g/mol. The van der Waals surface area contributed by atoms with Gasteiger partial charge in [0.05, 0.1) is 22.9 Å². The van der Waals surface area contributed by atoms with Crippen molar-refractivity contribution >= 4 is 44.9 Å². The highest BCUT2D eigenvalue weighted by molar-refractivity contribution is 7.85. The normalized spacial score (nSPS) is 12.6. The molecule has 5 nitrogen and oxygen atoms in total. The van der Waals surface area contributed by atoms with E-state index in [1.165, 1.54) is 0 Å². The Balaban J connectivity index is 2.17. The molecule has 0 aliphatic heterocycles. The Morgan fingerprint density at radius 1 is 1.11 bits per heavy atom. The van der Waals surface area contributed by atoms with Crippen LogP contribution in [0.4, 0.5) is 5.69 Å². The molecule has 0 aliphatic carbocycles. The van der Waals surface area contributed by atoms with E-state index in [1.54, 1.807) is 30.1 Å². The molecule has 0 saturated heterocycles. The summed E-state index contributed by atoms with van der Waals surface area (Å²) in [5.74, 6) is -0.364. The Bertz CT molecular complexity index is 888. The van der Waals surface area contributed by atoms with Crippen LogP contribution in [0.2, 0.25) is 10.0 Å². The lowest BCUT2D eigenvalue weighted by Gasteiger charge is -2.22. The number of para-hydroxylation sites is 1. The van der Waals surface area contributed by atoms with Gasteiger partial charge in [-0.1, -0.05) is 47.5 Å². The third kappa shape index (κ3) is 6.81. The van der Waals surface area contributed by atoms with Crippen LogP contribution < -0.4 is 4.90 Å². The zero-order valence-electron chi connectivity index (χ0n) is 15.1. The van der Waals surface area contributed by atoms with Crippen LogP contribution in [0, 0.1) is 0 Å². The van der Waals surface area contributed by atoms with Crippen LogP contribution in [-0.2, 0) is 19.1 Å². The maximum Gasteiger partial charge on any atom is 0.264 e. The number of carbonyl (C=O) groups is 1. The first-order valence-corrected chi connectivity index (χ1v) is 10.9. The van der Waals surface area contributed by atoms with Crippen molar-refractivity contribution in [2.45, 2.75) is 18.8 Å². The van der Waals surface area contributed by atoms with E-state index in [0.29, 0.717) is 16.5 Å². The van der Waals surface area contributed by atoms with Gasteiger partial charge in [-0.2, -0.15) is 8.42 Å². The Labute approximate surface area is 170 Å². The van der Waals surface area contributed by atoms with Crippen molar-refractivity contribution in [1.29, 1.82) is 0 Å². The second-order valence-corrected chi connectivity index (χ2v) is 8.64. The number of carbonyl (C=O) groups excluding carboxylic acids is 1. The van der Waals surface area contributed by atoms with Crippen LogP contribution in [0.3, 0.4) is 0 Å². The van der Waals surface area contributed by atoms with E-state index >= 15 is 0 Å². The van der Waals surface area contributed by atoms with Gasteiger partial charge in [0.2, 0.25) is 5.91 Å². The van der Waals surface area contributed by atoms with Crippen LogP contribution >= 0.6 is 23.2 Å². The Kier molecular flexibility index (Phi) is 7.68. The second kappa shape index (κ2) is 9.55. The van der Waals surface area contributed by atoms with Crippen LogP contribution in [0.5, 0.6) is 0 Å². The minimum Gasteiger partial charge on any atom is -0.315 e. The summed E-state index contributed by atoms with van der Waals surface area (Å²) in [6, 6.07) is 14.4. The van der Waals surface area contributed by atoms with Crippen LogP contribution in [0.25, 0.3) is 0 Å². The van der Waals surface area contributed by atoms with Gasteiger partial charge in [-0.25, -0.2) is 0 Å². The van der Waals surface area contributed by atoms with E-state index in [4.69, 9.17) is 27.4 Å². The molecule has 1 unspecified atom stereocenters. The Morgan fingerprint density at radius 3 is 2.37 bits per heavy atom. The number of rotatable bonds is 8. The molecule has 27 heavy (non-hydrogen) atoms. The lowest BCUT2D eigenvalue weighted by Crippen LogP contribution is -2.28. The van der Waals surface area contributed by atoms with E-state index < -0.39 is 10.1 Å². The van der Waals surface area contributed by atoms with Gasteiger partial charge in [0.25, 0.3) is 10.1 Å². The molecule has 0 N–H and O–H groups in total. The summed E-state index contributed by atoms with van der Waals surface area (Å²) in [5.41, 5.74) is 1.58. The van der Waals surface area contributed by atoms with Crippen molar-refractivity contribution in [3.63, 3.8) is 0 Å². The molecule has 0 heterocycles. The molecule has 0 radical (unpaired) electrons. The third-order valence-corrected chi connectivity index (χ3v) is 5.45. The van der Waals surface area contributed by atoms with E-state index in [2.05, 4.69) is 0 Å². The molecule has 2 aromatic rings. The minimum atomic E-state index is -3.55. The van der Waals surface area contributed by atoms with Crippen molar-refractivity contribution in [1.82, 2.24) is 0 Å². The van der Waals surface area contributed by atoms with Gasteiger partial charge in [0.1, 0.15) is 0 Å². The first-order chi connectivity index (χ1) is 12.7. The average Bonchev–Trinajstić information content (AvgIpc) is 2.62. The van der Waals surface area contributed by atoms with Gasteiger partial charge < -0.3 is 4.90 Å². The summed E-state index contributed by atoms with van der Waals surface area (Å²) in [6.07, 6.45) is 1.52. The van der Waals surface area contributed by atoms with Gasteiger partial charge >= 0.3 is 0 Å². The number of hydrogen-bond acceptors (Lipinski definition) is 4. The highest BCUT2D eigenvalue weighted by Gasteiger charge is 2.21. The number of anilines is 1. The fourth-order valence-corrected chi connectivity index (χ4v) is 3.34. The molecule has 0 bridgehead atoms. The molecule has 1 amide bonds. The molecule has 0 aliphatic rings. The monoisotopic (exact) mass is 429 g/mol. The lowest BCUT2D eigenvalue weighted by atomic mass is 9.92. The smallest absolute Gasteiger partial charge is 0.264 e. The van der Waals surface area contributed by atoms with Crippen LogP contribution in [-0.4, -0.2) is 34.2 Å². The predicted octanol–water partition coefficient (Wildman–Crippen LogP) is 4.50. The zero-order valence-corrected chi connectivity index (χ0v) is 17.4. The maximum atomic E-state index is 12.7. The zero-order chi connectivity index (χ0) is 20.0. The summed E-state index contributed by atoms with van der Waals surface area (Å²) >= 11 is 12.1. The molecule has 146 valence electrons. The molecule has 2 aromatic carbocycles. The minimum absolute atomic E-state index is 0.0217. The predicted molar refractivity (Wildman–Crippen MR) is 109 cm³/mol. The summed E-state index contributed by atoms with van der Waals surface area (Å²) in [4.78, 5) is 14.3. The average molecular weight is 430 g/mol. The van der Waals surface area contributed by atoms with Gasteiger partial charge in [0, 0.05) is 19.2 Å². The largest absolute Gasteiger partial charge is 0.315 e. The second-order valence-electron chi connectivity index (χ2n) is 6.18. The van der Waals surface area contributed by atoms with Crippen LogP contribution in [0.15, 0.2) is 48.5 Å². The Morgan fingerprint density at radius 2 is 1.78 bits per heavy atom. The number of nitrogens with zero attached hydrogens (tertiary/aromatic N) is 1. The summed E-state index contributed by atoms with van der Waals surface area (Å²) in [7, 11) is -1.84. The van der Waals surface area contributed by atoms with Gasteiger partial charge in [-0.05, 0) is 42.2 Å². The number of benzene rings is 2. The molecule has 0 aromatic heterocycles. The molecule has 0 fully saturated rings. The topological polar surface area (TPSA) is 63.7 Å². The summed E-state index contributed by atoms with van der Waals surface area (Å²) in [5, 5.41) is 0.798. The first kappa shape index (κ1) is 21.7. The van der Waals surface area contributed by atoms with E-state index in [1.807, 2.05) is 30.3 Å². The fourth-order valence-electron chi connectivity index (χ4n) is 2.64. The number of hydrogen-bond donors (Lipinski definition) is 0. The van der Waals surface area contributed by atoms with Gasteiger partial charge in [-0.3, -0.25) is 8.98 Å². The Hall–Kier alpha value is -1.60. The molecule has 2 rings (SSSR count). The van der Waals surface area contributed by atoms with Crippen molar-refractivity contribution < 1.29 is 17.4 Å². The standard InChI is InChI=1S/C19H21Cl2NO4S/c1-22(16-6-4-3-5-7-16)19(23)13-15(10-11-26-27(2,24)25)14-8-9-17(20)18(21)12-14/h3-9,12,15H,10-11,13H2,1-2H3.